The maximum atomic E-state index is 12.8. The summed E-state index contributed by atoms with van der Waals surface area (Å²) in [6.07, 6.45) is 2.65. The van der Waals surface area contributed by atoms with Crippen molar-refractivity contribution in [3.05, 3.63) is 0 Å². The van der Waals surface area contributed by atoms with Crippen LogP contribution < -0.4 is 0 Å². The van der Waals surface area contributed by atoms with Crippen molar-refractivity contribution in [2.24, 2.45) is 0 Å². The van der Waals surface area contributed by atoms with Crippen molar-refractivity contribution >= 4 is 10.2 Å². The van der Waals surface area contributed by atoms with E-state index in [0.717, 1.165) is 32.4 Å². The summed E-state index contributed by atoms with van der Waals surface area (Å²) in [6, 6.07) is 0.00847. The van der Waals surface area contributed by atoms with Crippen LogP contribution in [-0.2, 0) is 10.2 Å². The fourth-order valence-electron chi connectivity index (χ4n) is 3.25. The molecule has 2 heterocycles. The molecule has 2 rings (SSSR count). The van der Waals surface area contributed by atoms with Gasteiger partial charge in [0, 0.05) is 38.3 Å². The van der Waals surface area contributed by atoms with E-state index >= 15 is 0 Å². The third kappa shape index (κ3) is 3.17. The highest BCUT2D eigenvalue weighted by atomic mass is 32.2. The van der Waals surface area contributed by atoms with Gasteiger partial charge in [-0.3, -0.25) is 4.90 Å². The molecule has 6 nitrogen and oxygen atoms in total. The van der Waals surface area contributed by atoms with Crippen LogP contribution in [0.4, 0.5) is 0 Å². The topological polar surface area (TPSA) is 64.1 Å². The van der Waals surface area contributed by atoms with Crippen molar-refractivity contribution in [2.45, 2.75) is 45.2 Å². The monoisotopic (exact) mass is 305 g/mol. The molecule has 1 N–H and O–H groups in total. The van der Waals surface area contributed by atoms with Crippen LogP contribution in [0.2, 0.25) is 0 Å². The molecule has 2 fully saturated rings. The lowest BCUT2D eigenvalue weighted by Crippen LogP contribution is -2.59. The molecule has 0 aromatic carbocycles. The van der Waals surface area contributed by atoms with Crippen LogP contribution >= 0.6 is 0 Å². The molecule has 0 spiro atoms. The summed E-state index contributed by atoms with van der Waals surface area (Å²) in [6.45, 7) is 7.48. The summed E-state index contributed by atoms with van der Waals surface area (Å²) in [5.74, 6) is 0. The van der Waals surface area contributed by atoms with Crippen LogP contribution in [0.25, 0.3) is 0 Å². The maximum Gasteiger partial charge on any atom is 0.282 e. The summed E-state index contributed by atoms with van der Waals surface area (Å²) in [4.78, 5) is 2.30. The van der Waals surface area contributed by atoms with Gasteiger partial charge in [0.2, 0.25) is 0 Å². The molecule has 0 aliphatic carbocycles. The van der Waals surface area contributed by atoms with Gasteiger partial charge in [-0.15, -0.1) is 0 Å². The highest BCUT2D eigenvalue weighted by Crippen LogP contribution is 2.24. The number of rotatable bonds is 4. The second-order valence-electron chi connectivity index (χ2n) is 5.79. The van der Waals surface area contributed by atoms with Gasteiger partial charge >= 0.3 is 0 Å². The first-order valence-electron chi connectivity index (χ1n) is 7.62. The second kappa shape index (κ2) is 6.70. The predicted octanol–water partition coefficient (Wildman–Crippen LogP) is 0.104. The quantitative estimate of drug-likeness (QED) is 0.800. The maximum absolute atomic E-state index is 12.8. The third-order valence-electron chi connectivity index (χ3n) is 4.54. The average Bonchev–Trinajstić information content (AvgIpc) is 2.47. The lowest BCUT2D eigenvalue weighted by Gasteiger charge is -2.42. The summed E-state index contributed by atoms with van der Waals surface area (Å²) in [5.41, 5.74) is 0. The van der Waals surface area contributed by atoms with Gasteiger partial charge in [-0.05, 0) is 26.3 Å². The molecule has 2 aliphatic heterocycles. The predicted molar refractivity (Wildman–Crippen MR) is 78.6 cm³/mol. The van der Waals surface area contributed by atoms with E-state index in [9.17, 15) is 13.5 Å². The zero-order chi connectivity index (χ0) is 14.8. The van der Waals surface area contributed by atoms with E-state index < -0.39 is 10.2 Å². The summed E-state index contributed by atoms with van der Waals surface area (Å²) in [5, 5.41) is 9.42. The fourth-order valence-corrected chi connectivity index (χ4v) is 5.17. The Morgan fingerprint density at radius 2 is 1.95 bits per heavy atom. The molecule has 0 aromatic heterocycles. The van der Waals surface area contributed by atoms with Crippen molar-refractivity contribution in [1.29, 1.82) is 0 Å². The molecule has 118 valence electrons. The van der Waals surface area contributed by atoms with E-state index in [2.05, 4.69) is 18.7 Å². The number of hydrogen-bond donors (Lipinski definition) is 1. The van der Waals surface area contributed by atoms with Crippen LogP contribution in [0.15, 0.2) is 0 Å². The normalized spacial score (nSPS) is 31.6. The Morgan fingerprint density at radius 1 is 1.20 bits per heavy atom. The lowest BCUT2D eigenvalue weighted by molar-refractivity contribution is 0.115. The average molecular weight is 305 g/mol. The fraction of sp³-hybridized carbons (Fsp3) is 1.00. The highest BCUT2D eigenvalue weighted by Gasteiger charge is 2.38. The Balaban J connectivity index is 2.10. The van der Waals surface area contributed by atoms with Gasteiger partial charge in [0.1, 0.15) is 0 Å². The number of piperidine rings is 1. The number of piperazine rings is 1. The molecule has 0 saturated carbocycles. The van der Waals surface area contributed by atoms with Crippen LogP contribution in [-0.4, -0.2) is 78.4 Å². The molecule has 2 atom stereocenters. The van der Waals surface area contributed by atoms with Gasteiger partial charge in [0.15, 0.2) is 0 Å². The summed E-state index contributed by atoms with van der Waals surface area (Å²) >= 11 is 0. The van der Waals surface area contributed by atoms with Crippen molar-refractivity contribution in [3.8, 4) is 0 Å². The van der Waals surface area contributed by atoms with Gasteiger partial charge in [-0.25, -0.2) is 0 Å². The Bertz CT molecular complexity index is 415. The zero-order valence-corrected chi connectivity index (χ0v) is 13.3. The van der Waals surface area contributed by atoms with Gasteiger partial charge in [-0.2, -0.15) is 17.0 Å². The smallest absolute Gasteiger partial charge is 0.282 e. The van der Waals surface area contributed by atoms with Crippen molar-refractivity contribution in [2.75, 3.05) is 39.3 Å². The van der Waals surface area contributed by atoms with E-state index in [0.29, 0.717) is 19.6 Å². The minimum absolute atomic E-state index is 0.0797. The number of hydrogen-bond acceptors (Lipinski definition) is 4. The summed E-state index contributed by atoms with van der Waals surface area (Å²) < 4.78 is 28.7. The Hall–Kier alpha value is -0.210. The van der Waals surface area contributed by atoms with Crippen molar-refractivity contribution in [1.82, 2.24) is 13.5 Å². The molecule has 0 aromatic rings. The molecule has 2 unspecified atom stereocenters. The van der Waals surface area contributed by atoms with E-state index in [1.807, 2.05) is 0 Å². The number of likely N-dealkylation sites (N-methyl/N-ethyl adjacent to an activating group) is 1. The minimum atomic E-state index is -3.43. The standard InChI is InChI=1S/C13H27N3O3S/c1-3-14-8-9-15(10-12(14)2)20(18,19)16-7-5-4-6-13(16)11-17/h12-13,17H,3-11H2,1-2H3. The third-order valence-corrected chi connectivity index (χ3v) is 6.60. The van der Waals surface area contributed by atoms with Crippen LogP contribution in [0, 0.1) is 0 Å². The van der Waals surface area contributed by atoms with Crippen LogP contribution in [0.1, 0.15) is 33.1 Å². The first-order chi connectivity index (χ1) is 9.50. The van der Waals surface area contributed by atoms with Gasteiger partial charge in [0.05, 0.1) is 6.61 Å². The SMILES string of the molecule is CCN1CCN(S(=O)(=O)N2CCCCC2CO)CC1C. The molecule has 0 bridgehead atoms. The number of nitrogens with zero attached hydrogens (tertiary/aromatic N) is 3. The molecule has 2 saturated heterocycles. The number of aliphatic hydroxyl groups excluding tert-OH is 1. The van der Waals surface area contributed by atoms with E-state index in [4.69, 9.17) is 0 Å². The second-order valence-corrected chi connectivity index (χ2v) is 7.67. The van der Waals surface area contributed by atoms with Gasteiger partial charge < -0.3 is 5.11 Å². The molecular formula is C13H27N3O3S. The van der Waals surface area contributed by atoms with Gasteiger partial charge in [0.25, 0.3) is 10.2 Å². The molecular weight excluding hydrogens is 278 g/mol. The summed E-state index contributed by atoms with van der Waals surface area (Å²) in [7, 11) is -3.43. The largest absolute Gasteiger partial charge is 0.395 e. The minimum Gasteiger partial charge on any atom is -0.395 e. The number of aliphatic hydroxyl groups is 1. The van der Waals surface area contributed by atoms with E-state index in [1.165, 1.54) is 4.31 Å². The Kier molecular flexibility index (Phi) is 5.42. The van der Waals surface area contributed by atoms with E-state index in [-0.39, 0.29) is 18.7 Å². The Morgan fingerprint density at radius 3 is 2.55 bits per heavy atom. The first-order valence-corrected chi connectivity index (χ1v) is 9.02. The lowest BCUT2D eigenvalue weighted by atomic mass is 10.1. The van der Waals surface area contributed by atoms with Gasteiger partial charge in [-0.1, -0.05) is 13.3 Å². The van der Waals surface area contributed by atoms with Crippen LogP contribution in [0.3, 0.4) is 0 Å². The van der Waals surface area contributed by atoms with Crippen molar-refractivity contribution in [3.63, 3.8) is 0 Å². The Labute approximate surface area is 122 Å². The van der Waals surface area contributed by atoms with Crippen LogP contribution in [0.5, 0.6) is 0 Å². The van der Waals surface area contributed by atoms with Crippen molar-refractivity contribution < 1.29 is 13.5 Å². The molecule has 2 aliphatic rings. The van der Waals surface area contributed by atoms with E-state index in [1.54, 1.807) is 4.31 Å². The molecule has 0 amide bonds. The highest BCUT2D eigenvalue weighted by molar-refractivity contribution is 7.86. The molecule has 0 radical (unpaired) electrons. The molecule has 7 heteroatoms. The zero-order valence-electron chi connectivity index (χ0n) is 12.5. The first kappa shape index (κ1) is 16.2. The molecule has 20 heavy (non-hydrogen) atoms.